The highest BCUT2D eigenvalue weighted by atomic mass is 16.5. The number of fused-ring (bicyclic) bond motifs is 1. The minimum absolute atomic E-state index is 0.145. The van der Waals surface area contributed by atoms with Crippen molar-refractivity contribution in [2.75, 3.05) is 6.54 Å². The van der Waals surface area contributed by atoms with E-state index < -0.39 is 17.8 Å². The molecule has 1 amide bonds. The predicted molar refractivity (Wildman–Crippen MR) is 83.1 cm³/mol. The lowest BCUT2D eigenvalue weighted by Gasteiger charge is -2.22. The highest BCUT2D eigenvalue weighted by molar-refractivity contribution is 6.03. The number of benzene rings is 2. The standard InChI is InChI=1S/C18H15NO4/c20-15(12-6-2-1-3-7-12)11-19-17(21)14-10-13-8-4-5-9-16(13)23-18(14)22/h1-9,14H,10-11H2,(H,19,21). The van der Waals surface area contributed by atoms with Crippen molar-refractivity contribution in [2.45, 2.75) is 6.42 Å². The number of hydrogen-bond acceptors (Lipinski definition) is 4. The van der Waals surface area contributed by atoms with E-state index in [4.69, 9.17) is 4.74 Å². The van der Waals surface area contributed by atoms with E-state index in [0.717, 1.165) is 5.56 Å². The van der Waals surface area contributed by atoms with Gasteiger partial charge < -0.3 is 10.1 Å². The van der Waals surface area contributed by atoms with Crippen LogP contribution in [0.2, 0.25) is 0 Å². The lowest BCUT2D eigenvalue weighted by atomic mass is 9.95. The van der Waals surface area contributed by atoms with Gasteiger partial charge in [0.15, 0.2) is 5.78 Å². The first kappa shape index (κ1) is 15.0. The summed E-state index contributed by atoms with van der Waals surface area (Å²) in [5.41, 5.74) is 1.33. The van der Waals surface area contributed by atoms with Gasteiger partial charge in [0.25, 0.3) is 0 Å². The lowest BCUT2D eigenvalue weighted by Crippen LogP contribution is -2.42. The van der Waals surface area contributed by atoms with Crippen LogP contribution in [0.5, 0.6) is 5.75 Å². The number of para-hydroxylation sites is 1. The molecule has 5 heteroatoms. The summed E-state index contributed by atoms with van der Waals surface area (Å²) in [5, 5.41) is 2.52. The third-order valence-electron chi connectivity index (χ3n) is 3.73. The zero-order chi connectivity index (χ0) is 16.2. The molecule has 1 unspecified atom stereocenters. The van der Waals surface area contributed by atoms with E-state index in [-0.39, 0.29) is 18.7 Å². The second-order valence-corrected chi connectivity index (χ2v) is 5.29. The summed E-state index contributed by atoms with van der Waals surface area (Å²) < 4.78 is 5.17. The van der Waals surface area contributed by atoms with Crippen molar-refractivity contribution in [2.24, 2.45) is 5.92 Å². The molecule has 0 spiro atoms. The molecule has 2 aromatic carbocycles. The molecule has 5 nitrogen and oxygen atoms in total. The molecule has 116 valence electrons. The Labute approximate surface area is 133 Å². The zero-order valence-electron chi connectivity index (χ0n) is 12.3. The van der Waals surface area contributed by atoms with Gasteiger partial charge in [-0.2, -0.15) is 0 Å². The van der Waals surface area contributed by atoms with Crippen molar-refractivity contribution in [1.29, 1.82) is 0 Å². The first-order chi connectivity index (χ1) is 11.1. The summed E-state index contributed by atoms with van der Waals surface area (Å²) in [6.45, 7) is -0.145. The predicted octanol–water partition coefficient (Wildman–Crippen LogP) is 1.76. The van der Waals surface area contributed by atoms with Gasteiger partial charge in [-0.05, 0) is 18.1 Å². The van der Waals surface area contributed by atoms with Gasteiger partial charge in [-0.25, -0.2) is 0 Å². The maximum absolute atomic E-state index is 12.2. The molecule has 2 aromatic rings. The van der Waals surface area contributed by atoms with Crippen LogP contribution in [-0.2, 0) is 16.0 Å². The van der Waals surface area contributed by atoms with E-state index in [1.54, 1.807) is 36.4 Å². The van der Waals surface area contributed by atoms with E-state index in [1.807, 2.05) is 18.2 Å². The van der Waals surface area contributed by atoms with Crippen LogP contribution in [0, 0.1) is 5.92 Å². The number of carbonyl (C=O) groups is 3. The Morgan fingerprint density at radius 2 is 1.74 bits per heavy atom. The molecule has 0 fully saturated rings. The van der Waals surface area contributed by atoms with E-state index >= 15 is 0 Å². The molecule has 0 saturated carbocycles. The number of ketones is 1. The third-order valence-corrected chi connectivity index (χ3v) is 3.73. The maximum atomic E-state index is 12.2. The zero-order valence-corrected chi connectivity index (χ0v) is 12.3. The molecule has 1 N–H and O–H groups in total. The van der Waals surface area contributed by atoms with Crippen LogP contribution in [0.4, 0.5) is 0 Å². The topological polar surface area (TPSA) is 72.5 Å². The summed E-state index contributed by atoms with van der Waals surface area (Å²) in [5.74, 6) is -1.72. The SMILES string of the molecule is O=C(CNC(=O)C1Cc2ccccc2OC1=O)c1ccccc1. The number of esters is 1. The van der Waals surface area contributed by atoms with E-state index in [1.165, 1.54) is 0 Å². The number of ether oxygens (including phenoxy) is 1. The summed E-state index contributed by atoms with van der Waals surface area (Å²) in [6.07, 6.45) is 0.278. The monoisotopic (exact) mass is 309 g/mol. The first-order valence-corrected chi connectivity index (χ1v) is 7.30. The van der Waals surface area contributed by atoms with Crippen LogP contribution in [0.3, 0.4) is 0 Å². The number of nitrogens with one attached hydrogen (secondary N) is 1. The fourth-order valence-corrected chi connectivity index (χ4v) is 2.47. The Bertz CT molecular complexity index is 755. The molecule has 3 rings (SSSR count). The molecule has 0 saturated heterocycles. The van der Waals surface area contributed by atoms with Crippen LogP contribution < -0.4 is 10.1 Å². The average molecular weight is 309 g/mol. The second kappa shape index (κ2) is 6.44. The largest absolute Gasteiger partial charge is 0.426 e. The first-order valence-electron chi connectivity index (χ1n) is 7.30. The highest BCUT2D eigenvalue weighted by Gasteiger charge is 2.34. The number of carbonyl (C=O) groups excluding carboxylic acids is 3. The number of amides is 1. The van der Waals surface area contributed by atoms with Gasteiger partial charge in [-0.15, -0.1) is 0 Å². The maximum Gasteiger partial charge on any atom is 0.324 e. The smallest absolute Gasteiger partial charge is 0.324 e. The van der Waals surface area contributed by atoms with Crippen molar-refractivity contribution < 1.29 is 19.1 Å². The summed E-state index contributed by atoms with van der Waals surface area (Å²) in [7, 11) is 0. The molecule has 1 heterocycles. The average Bonchev–Trinajstić information content (AvgIpc) is 2.59. The Hall–Kier alpha value is -2.95. The molecule has 0 aromatic heterocycles. The minimum Gasteiger partial charge on any atom is -0.426 e. The number of Topliss-reactive ketones (excluding diaryl/α,β-unsaturated/α-hetero) is 1. The van der Waals surface area contributed by atoms with Crippen molar-refractivity contribution in [3.8, 4) is 5.75 Å². The summed E-state index contributed by atoms with van der Waals surface area (Å²) in [6, 6.07) is 15.8. The van der Waals surface area contributed by atoms with E-state index in [0.29, 0.717) is 11.3 Å². The Morgan fingerprint density at radius 3 is 2.52 bits per heavy atom. The molecular weight excluding hydrogens is 294 g/mol. The molecule has 0 aliphatic carbocycles. The van der Waals surface area contributed by atoms with E-state index in [2.05, 4.69) is 5.32 Å². The van der Waals surface area contributed by atoms with Gasteiger partial charge in [-0.3, -0.25) is 14.4 Å². The molecular formula is C18H15NO4. The van der Waals surface area contributed by atoms with Crippen LogP contribution >= 0.6 is 0 Å². The molecule has 1 atom stereocenters. The van der Waals surface area contributed by atoms with Gasteiger partial charge in [-0.1, -0.05) is 48.5 Å². The Kier molecular flexibility index (Phi) is 4.19. The van der Waals surface area contributed by atoms with Crippen molar-refractivity contribution in [3.05, 3.63) is 65.7 Å². The van der Waals surface area contributed by atoms with Crippen LogP contribution in [0.1, 0.15) is 15.9 Å². The van der Waals surface area contributed by atoms with Crippen molar-refractivity contribution >= 4 is 17.7 Å². The van der Waals surface area contributed by atoms with Crippen molar-refractivity contribution in [3.63, 3.8) is 0 Å². The lowest BCUT2D eigenvalue weighted by molar-refractivity contribution is -0.145. The molecule has 0 radical (unpaired) electrons. The fourth-order valence-electron chi connectivity index (χ4n) is 2.47. The quantitative estimate of drug-likeness (QED) is 0.404. The molecule has 1 aliphatic rings. The normalized spacial score (nSPS) is 16.2. The number of hydrogen-bond donors (Lipinski definition) is 1. The van der Waals surface area contributed by atoms with E-state index in [9.17, 15) is 14.4 Å². The third kappa shape index (κ3) is 3.29. The molecule has 23 heavy (non-hydrogen) atoms. The second-order valence-electron chi connectivity index (χ2n) is 5.29. The number of rotatable bonds is 4. The summed E-state index contributed by atoms with van der Waals surface area (Å²) in [4.78, 5) is 36.1. The van der Waals surface area contributed by atoms with Gasteiger partial charge in [0.2, 0.25) is 5.91 Å². The van der Waals surface area contributed by atoms with Crippen LogP contribution in [-0.4, -0.2) is 24.2 Å². The van der Waals surface area contributed by atoms with Gasteiger partial charge in [0.1, 0.15) is 11.7 Å². The van der Waals surface area contributed by atoms with Gasteiger partial charge in [0.05, 0.1) is 6.54 Å². The Balaban J connectivity index is 1.63. The van der Waals surface area contributed by atoms with Crippen molar-refractivity contribution in [1.82, 2.24) is 5.32 Å². The van der Waals surface area contributed by atoms with Gasteiger partial charge >= 0.3 is 5.97 Å². The highest BCUT2D eigenvalue weighted by Crippen LogP contribution is 2.27. The Morgan fingerprint density at radius 1 is 1.04 bits per heavy atom. The molecule has 0 bridgehead atoms. The molecule has 1 aliphatic heterocycles. The van der Waals surface area contributed by atoms with Gasteiger partial charge in [0, 0.05) is 5.56 Å². The minimum atomic E-state index is -0.923. The van der Waals surface area contributed by atoms with Crippen LogP contribution in [0.25, 0.3) is 0 Å². The fraction of sp³-hybridized carbons (Fsp3) is 0.167. The summed E-state index contributed by atoms with van der Waals surface area (Å²) >= 11 is 0. The van der Waals surface area contributed by atoms with Crippen LogP contribution in [0.15, 0.2) is 54.6 Å².